The number of carbonyl (C=O) groups is 1. The van der Waals surface area contributed by atoms with Gasteiger partial charge in [0.1, 0.15) is 19.0 Å². The topological polar surface area (TPSA) is 84.9 Å². The largest absolute Gasteiger partial charge is 0.486 e. The van der Waals surface area contributed by atoms with E-state index < -0.39 is 10.0 Å². The van der Waals surface area contributed by atoms with Crippen LogP contribution in [0, 0.1) is 11.7 Å². The number of rotatable bonds is 4. The van der Waals surface area contributed by atoms with Gasteiger partial charge >= 0.3 is 0 Å². The number of amides is 1. The lowest BCUT2D eigenvalue weighted by atomic mass is 9.97. The minimum atomic E-state index is -3.68. The van der Waals surface area contributed by atoms with Crippen LogP contribution in [0.3, 0.4) is 0 Å². The van der Waals surface area contributed by atoms with E-state index in [0.29, 0.717) is 43.2 Å². The summed E-state index contributed by atoms with van der Waals surface area (Å²) < 4.78 is 51.2. The molecular weight excluding hydrogens is 399 g/mol. The number of carbonyl (C=O) groups excluding carboxylic acids is 1. The van der Waals surface area contributed by atoms with Crippen LogP contribution in [0.25, 0.3) is 0 Å². The van der Waals surface area contributed by atoms with E-state index in [9.17, 15) is 17.6 Å². The standard InChI is InChI=1S/C20H21FN2O5S/c21-15-1-3-16(4-2-15)22-20(24)14-7-9-23(10-8-14)29(25,26)17-5-6-18-19(13-17)28-12-11-27-18/h1-6,13-14H,7-12H2,(H,22,24). The van der Waals surface area contributed by atoms with E-state index in [-0.39, 0.29) is 35.6 Å². The highest BCUT2D eigenvalue weighted by Gasteiger charge is 2.32. The molecule has 1 amide bonds. The molecule has 1 fully saturated rings. The molecule has 2 heterocycles. The molecule has 0 unspecified atom stereocenters. The second-order valence-corrected chi connectivity index (χ2v) is 8.92. The second-order valence-electron chi connectivity index (χ2n) is 6.98. The van der Waals surface area contributed by atoms with Crippen LogP contribution in [0.4, 0.5) is 10.1 Å². The number of nitrogens with zero attached hydrogens (tertiary/aromatic N) is 1. The lowest BCUT2D eigenvalue weighted by Gasteiger charge is -2.30. The van der Waals surface area contributed by atoms with Gasteiger partial charge in [-0.15, -0.1) is 0 Å². The Kier molecular flexibility index (Phi) is 5.42. The first-order chi connectivity index (χ1) is 13.9. The summed E-state index contributed by atoms with van der Waals surface area (Å²) in [5, 5.41) is 2.75. The van der Waals surface area contributed by atoms with Crippen LogP contribution in [0.2, 0.25) is 0 Å². The van der Waals surface area contributed by atoms with Gasteiger partial charge in [0.15, 0.2) is 11.5 Å². The number of piperidine rings is 1. The SMILES string of the molecule is O=C(Nc1ccc(F)cc1)C1CCN(S(=O)(=O)c2ccc3c(c2)OCCO3)CC1. The van der Waals surface area contributed by atoms with E-state index in [4.69, 9.17) is 9.47 Å². The Balaban J connectivity index is 1.39. The molecule has 2 aromatic carbocycles. The Bertz CT molecular complexity index is 1000. The molecule has 0 spiro atoms. The maximum absolute atomic E-state index is 13.0. The summed E-state index contributed by atoms with van der Waals surface area (Å²) in [6.07, 6.45) is 0.827. The van der Waals surface area contributed by atoms with Crippen LogP contribution in [-0.4, -0.2) is 44.9 Å². The number of hydrogen-bond donors (Lipinski definition) is 1. The minimum absolute atomic E-state index is 0.149. The van der Waals surface area contributed by atoms with Crippen LogP contribution >= 0.6 is 0 Å². The molecule has 154 valence electrons. The molecule has 0 radical (unpaired) electrons. The maximum Gasteiger partial charge on any atom is 0.243 e. The monoisotopic (exact) mass is 420 g/mol. The van der Waals surface area contributed by atoms with Gasteiger partial charge in [0.05, 0.1) is 4.90 Å². The fraction of sp³-hybridized carbons (Fsp3) is 0.350. The van der Waals surface area contributed by atoms with Crippen molar-refractivity contribution in [2.75, 3.05) is 31.6 Å². The van der Waals surface area contributed by atoms with Crippen LogP contribution < -0.4 is 14.8 Å². The first-order valence-electron chi connectivity index (χ1n) is 9.40. The van der Waals surface area contributed by atoms with Crippen molar-refractivity contribution in [2.24, 2.45) is 5.92 Å². The fourth-order valence-electron chi connectivity index (χ4n) is 3.47. The molecule has 1 N–H and O–H groups in total. The predicted octanol–water partition coefficient (Wildman–Crippen LogP) is 2.64. The van der Waals surface area contributed by atoms with Gasteiger partial charge in [-0.25, -0.2) is 12.8 Å². The zero-order valence-corrected chi connectivity index (χ0v) is 16.5. The van der Waals surface area contributed by atoms with Crippen LogP contribution in [0.15, 0.2) is 47.4 Å². The molecule has 0 saturated carbocycles. The molecular formula is C20H21FN2O5S. The quantitative estimate of drug-likeness (QED) is 0.822. The van der Waals surface area contributed by atoms with Gasteiger partial charge in [-0.2, -0.15) is 4.31 Å². The summed E-state index contributed by atoms with van der Waals surface area (Å²) in [6.45, 7) is 1.31. The molecule has 7 nitrogen and oxygen atoms in total. The average molecular weight is 420 g/mol. The zero-order chi connectivity index (χ0) is 20.4. The van der Waals surface area contributed by atoms with Gasteiger partial charge in [0, 0.05) is 30.8 Å². The Morgan fingerprint density at radius 1 is 1.00 bits per heavy atom. The molecule has 2 aromatic rings. The Hall–Kier alpha value is -2.65. The first kappa shape index (κ1) is 19.7. The third-order valence-corrected chi connectivity index (χ3v) is 6.98. The van der Waals surface area contributed by atoms with Gasteiger partial charge in [0.25, 0.3) is 0 Å². The normalized spacial score (nSPS) is 17.7. The summed E-state index contributed by atoms with van der Waals surface area (Å²) in [5.41, 5.74) is 0.516. The fourth-order valence-corrected chi connectivity index (χ4v) is 4.95. The van der Waals surface area contributed by atoms with Crippen molar-refractivity contribution < 1.29 is 27.1 Å². The molecule has 2 aliphatic heterocycles. The second kappa shape index (κ2) is 8.00. The third-order valence-electron chi connectivity index (χ3n) is 5.09. The number of sulfonamides is 1. The Labute approximate surface area is 168 Å². The minimum Gasteiger partial charge on any atom is -0.486 e. The highest BCUT2D eigenvalue weighted by molar-refractivity contribution is 7.89. The van der Waals surface area contributed by atoms with Crippen molar-refractivity contribution in [1.82, 2.24) is 4.31 Å². The van der Waals surface area contributed by atoms with E-state index in [2.05, 4.69) is 5.32 Å². The van der Waals surface area contributed by atoms with Crippen molar-refractivity contribution >= 4 is 21.6 Å². The molecule has 1 saturated heterocycles. The molecule has 2 aliphatic rings. The van der Waals surface area contributed by atoms with Crippen LogP contribution in [0.1, 0.15) is 12.8 Å². The molecule has 0 aliphatic carbocycles. The Morgan fingerprint density at radius 2 is 1.66 bits per heavy atom. The van der Waals surface area contributed by atoms with E-state index >= 15 is 0 Å². The number of ether oxygens (including phenoxy) is 2. The summed E-state index contributed by atoms with van der Waals surface area (Å²) in [6, 6.07) is 10.1. The number of halogens is 1. The number of fused-ring (bicyclic) bond motifs is 1. The average Bonchev–Trinajstić information content (AvgIpc) is 2.75. The third kappa shape index (κ3) is 4.20. The molecule has 0 atom stereocenters. The molecule has 0 aromatic heterocycles. The summed E-state index contributed by atoms with van der Waals surface area (Å²) in [7, 11) is -3.68. The van der Waals surface area contributed by atoms with Crippen molar-refractivity contribution in [1.29, 1.82) is 0 Å². The van der Waals surface area contributed by atoms with E-state index in [0.717, 1.165) is 0 Å². The van der Waals surface area contributed by atoms with E-state index in [1.807, 2.05) is 0 Å². The first-order valence-corrected chi connectivity index (χ1v) is 10.8. The maximum atomic E-state index is 13.0. The highest BCUT2D eigenvalue weighted by atomic mass is 32.2. The van der Waals surface area contributed by atoms with Crippen molar-refractivity contribution in [3.63, 3.8) is 0 Å². The van der Waals surface area contributed by atoms with Crippen LogP contribution in [0.5, 0.6) is 11.5 Å². The zero-order valence-electron chi connectivity index (χ0n) is 15.6. The number of anilines is 1. The predicted molar refractivity (Wildman–Crippen MR) is 104 cm³/mol. The van der Waals surface area contributed by atoms with Gasteiger partial charge in [-0.05, 0) is 49.2 Å². The summed E-state index contributed by atoms with van der Waals surface area (Å²) >= 11 is 0. The van der Waals surface area contributed by atoms with Gasteiger partial charge < -0.3 is 14.8 Å². The number of nitrogens with one attached hydrogen (secondary N) is 1. The van der Waals surface area contributed by atoms with E-state index in [1.54, 1.807) is 6.07 Å². The van der Waals surface area contributed by atoms with Crippen molar-refractivity contribution in [3.05, 3.63) is 48.3 Å². The molecule has 9 heteroatoms. The van der Waals surface area contributed by atoms with Gasteiger partial charge in [-0.3, -0.25) is 4.79 Å². The molecule has 29 heavy (non-hydrogen) atoms. The summed E-state index contributed by atoms with van der Waals surface area (Å²) in [4.78, 5) is 12.6. The van der Waals surface area contributed by atoms with Crippen LogP contribution in [-0.2, 0) is 14.8 Å². The van der Waals surface area contributed by atoms with Gasteiger partial charge in [-0.1, -0.05) is 0 Å². The lowest BCUT2D eigenvalue weighted by Crippen LogP contribution is -2.41. The van der Waals surface area contributed by atoms with Gasteiger partial charge in [0.2, 0.25) is 15.9 Å². The van der Waals surface area contributed by atoms with Crippen molar-refractivity contribution in [3.8, 4) is 11.5 Å². The molecule has 0 bridgehead atoms. The lowest BCUT2D eigenvalue weighted by molar-refractivity contribution is -0.120. The number of benzene rings is 2. The highest BCUT2D eigenvalue weighted by Crippen LogP contribution is 2.34. The number of hydrogen-bond acceptors (Lipinski definition) is 5. The summed E-state index contributed by atoms with van der Waals surface area (Å²) in [5.74, 6) is 0.0951. The molecule has 4 rings (SSSR count). The van der Waals surface area contributed by atoms with E-state index in [1.165, 1.54) is 40.7 Å². The smallest absolute Gasteiger partial charge is 0.243 e. The Morgan fingerprint density at radius 3 is 2.34 bits per heavy atom. The van der Waals surface area contributed by atoms with Crippen molar-refractivity contribution in [2.45, 2.75) is 17.7 Å².